The Morgan fingerprint density at radius 1 is 1.03 bits per heavy atom. The van der Waals surface area contributed by atoms with E-state index >= 15 is 0 Å². The molecule has 3 fully saturated rings. The van der Waals surface area contributed by atoms with Gasteiger partial charge in [-0.3, -0.25) is 19.7 Å². The molecule has 0 unspecified atom stereocenters. The van der Waals surface area contributed by atoms with E-state index in [1.165, 1.54) is 12.3 Å². The zero-order valence-electron chi connectivity index (χ0n) is 15.8. The van der Waals surface area contributed by atoms with E-state index < -0.39 is 4.92 Å². The van der Waals surface area contributed by atoms with Gasteiger partial charge in [-0.05, 0) is 48.3 Å². The number of nitrogens with zero attached hydrogens (tertiary/aromatic N) is 3. The molecule has 150 valence electrons. The first-order chi connectivity index (χ1) is 14.5. The molecule has 1 aromatic carbocycles. The third-order valence-electron chi connectivity index (χ3n) is 6.93. The predicted octanol–water partition coefficient (Wildman–Crippen LogP) is 3.24. The smallest absolute Gasteiger partial charge is 0.280 e. The highest BCUT2D eigenvalue weighted by atomic mass is 16.6. The van der Waals surface area contributed by atoms with Gasteiger partial charge in [0.15, 0.2) is 0 Å². The van der Waals surface area contributed by atoms with E-state index in [0.29, 0.717) is 28.9 Å². The van der Waals surface area contributed by atoms with Gasteiger partial charge < -0.3 is 4.42 Å². The van der Waals surface area contributed by atoms with Crippen LogP contribution in [0.3, 0.4) is 0 Å². The molecule has 30 heavy (non-hydrogen) atoms. The highest BCUT2D eigenvalue weighted by Crippen LogP contribution is 2.65. The minimum Gasteiger partial charge on any atom is -0.455 e. The van der Waals surface area contributed by atoms with Crippen molar-refractivity contribution in [1.82, 2.24) is 5.01 Å². The Balaban J connectivity index is 1.26. The summed E-state index contributed by atoms with van der Waals surface area (Å²) in [4.78, 5) is 36.6. The van der Waals surface area contributed by atoms with Gasteiger partial charge in [-0.25, -0.2) is 0 Å². The number of furan rings is 1. The number of benzene rings is 1. The summed E-state index contributed by atoms with van der Waals surface area (Å²) in [5.41, 5.74) is 0.286. The Hall–Kier alpha value is -3.55. The Bertz CT molecular complexity index is 1130. The van der Waals surface area contributed by atoms with Gasteiger partial charge >= 0.3 is 0 Å². The number of nitro benzene ring substituents is 1. The first-order valence-electron chi connectivity index (χ1n) is 9.98. The molecule has 2 heterocycles. The van der Waals surface area contributed by atoms with Crippen molar-refractivity contribution in [3.8, 4) is 11.3 Å². The van der Waals surface area contributed by atoms with Crippen LogP contribution in [-0.4, -0.2) is 28.0 Å². The fraction of sp³-hybridized carbons (Fsp3) is 0.318. The molecule has 7 rings (SSSR count). The molecule has 0 N–H and O–H groups in total. The Morgan fingerprint density at radius 3 is 2.37 bits per heavy atom. The van der Waals surface area contributed by atoms with Gasteiger partial charge in [-0.2, -0.15) is 10.1 Å². The van der Waals surface area contributed by atoms with Crippen molar-refractivity contribution in [2.75, 3.05) is 0 Å². The molecule has 2 bridgehead atoms. The number of imide groups is 1. The summed E-state index contributed by atoms with van der Waals surface area (Å²) in [7, 11) is 0. The van der Waals surface area contributed by atoms with E-state index in [9.17, 15) is 19.7 Å². The van der Waals surface area contributed by atoms with Crippen molar-refractivity contribution in [3.63, 3.8) is 0 Å². The number of amides is 2. The van der Waals surface area contributed by atoms with E-state index in [0.717, 1.165) is 11.4 Å². The maximum absolute atomic E-state index is 12.9. The molecule has 0 spiro atoms. The average Bonchev–Trinajstić information content (AvgIpc) is 3.39. The van der Waals surface area contributed by atoms with E-state index in [-0.39, 0.29) is 41.2 Å². The molecule has 1 aromatic heterocycles. The van der Waals surface area contributed by atoms with Gasteiger partial charge in [0.05, 0.1) is 28.5 Å². The van der Waals surface area contributed by atoms with Crippen LogP contribution in [0.15, 0.2) is 58.1 Å². The van der Waals surface area contributed by atoms with Crippen molar-refractivity contribution in [2.24, 2.45) is 40.6 Å². The lowest BCUT2D eigenvalue weighted by atomic mass is 9.63. The third kappa shape index (κ3) is 2.30. The van der Waals surface area contributed by atoms with Crippen LogP contribution in [0.4, 0.5) is 5.69 Å². The van der Waals surface area contributed by atoms with Crippen molar-refractivity contribution in [2.45, 2.75) is 6.42 Å². The van der Waals surface area contributed by atoms with Crippen molar-refractivity contribution in [3.05, 3.63) is 64.4 Å². The first-order valence-corrected chi connectivity index (χ1v) is 9.98. The highest BCUT2D eigenvalue weighted by Gasteiger charge is 2.67. The second-order valence-corrected chi connectivity index (χ2v) is 8.36. The van der Waals surface area contributed by atoms with Crippen LogP contribution in [0.5, 0.6) is 0 Å². The van der Waals surface area contributed by atoms with Crippen LogP contribution in [-0.2, 0) is 9.59 Å². The first kappa shape index (κ1) is 17.3. The fourth-order valence-electron chi connectivity index (χ4n) is 5.58. The SMILES string of the molecule is O=C1[C@@H]2[C@@H]3C=C[C@@H]([C@@H]4C[C@H]34)[C@@H]2C(=O)N1/N=C\c1ccc(-c2ccccc2[N+](=O)[O-])o1. The number of hydrazone groups is 1. The number of hydrogen-bond donors (Lipinski definition) is 0. The minimum absolute atomic E-state index is 0.0640. The van der Waals surface area contributed by atoms with Crippen molar-refractivity contribution in [1.29, 1.82) is 0 Å². The third-order valence-corrected chi connectivity index (χ3v) is 6.93. The quantitative estimate of drug-likeness (QED) is 0.256. The Labute approximate surface area is 171 Å². The van der Waals surface area contributed by atoms with Crippen LogP contribution < -0.4 is 0 Å². The largest absolute Gasteiger partial charge is 0.455 e. The van der Waals surface area contributed by atoms with Crippen LogP contribution in [0.2, 0.25) is 0 Å². The maximum Gasteiger partial charge on any atom is 0.280 e. The standard InChI is InChI=1S/C22H17N3O5/c26-21-19-12-6-7-13(16-9-15(12)16)20(19)22(27)24(21)23-10-11-5-8-18(30-11)14-3-1-2-4-17(14)25(28)29/h1-8,10,12-13,15-16,19-20H,9H2/b23-10-/t12-,13+,15-,16+,19-,20+. The van der Waals surface area contributed by atoms with Gasteiger partial charge in [-0.15, -0.1) is 0 Å². The van der Waals surface area contributed by atoms with Gasteiger partial charge in [0.1, 0.15) is 11.5 Å². The topological polar surface area (TPSA) is 106 Å². The normalized spacial score (nSPS) is 33.3. The molecule has 0 radical (unpaired) electrons. The number of hydrogen-bond acceptors (Lipinski definition) is 6. The monoisotopic (exact) mass is 403 g/mol. The number of rotatable bonds is 4. The van der Waals surface area contributed by atoms with E-state index in [4.69, 9.17) is 4.42 Å². The molecule has 8 heteroatoms. The number of para-hydroxylation sites is 1. The number of nitro groups is 1. The minimum atomic E-state index is -0.470. The second-order valence-electron chi connectivity index (χ2n) is 8.36. The molecule has 2 saturated carbocycles. The fourth-order valence-corrected chi connectivity index (χ4v) is 5.58. The Kier molecular flexibility index (Phi) is 3.45. The number of allylic oxidation sites excluding steroid dienone is 2. The van der Waals surface area contributed by atoms with E-state index in [1.54, 1.807) is 30.3 Å². The zero-order chi connectivity index (χ0) is 20.6. The predicted molar refractivity (Wildman–Crippen MR) is 105 cm³/mol. The molecular formula is C22H17N3O5. The molecule has 4 aliphatic carbocycles. The summed E-state index contributed by atoms with van der Waals surface area (Å²) in [5.74, 6) is 0.924. The van der Waals surface area contributed by atoms with Crippen LogP contribution in [0.1, 0.15) is 12.2 Å². The number of carbonyl (C=O) groups excluding carboxylic acids is 2. The number of carbonyl (C=O) groups is 2. The second kappa shape index (κ2) is 5.98. The van der Waals surface area contributed by atoms with Crippen LogP contribution >= 0.6 is 0 Å². The molecule has 6 atom stereocenters. The lowest BCUT2D eigenvalue weighted by Gasteiger charge is -2.37. The van der Waals surface area contributed by atoms with Gasteiger partial charge in [0.2, 0.25) is 0 Å². The molecule has 2 amide bonds. The molecule has 2 aromatic rings. The van der Waals surface area contributed by atoms with Crippen molar-refractivity contribution < 1.29 is 18.9 Å². The van der Waals surface area contributed by atoms with Gasteiger partial charge in [-0.1, -0.05) is 24.3 Å². The summed E-state index contributed by atoms with van der Waals surface area (Å²) in [6.07, 6.45) is 6.66. The van der Waals surface area contributed by atoms with Crippen LogP contribution in [0, 0.1) is 45.6 Å². The van der Waals surface area contributed by atoms with E-state index in [1.807, 2.05) is 0 Å². The summed E-state index contributed by atoms with van der Waals surface area (Å²) >= 11 is 0. The molecule has 1 saturated heterocycles. The molecular weight excluding hydrogens is 386 g/mol. The van der Waals surface area contributed by atoms with Crippen LogP contribution in [0.25, 0.3) is 11.3 Å². The summed E-state index contributed by atoms with van der Waals surface area (Å²) < 4.78 is 5.67. The molecule has 1 aliphatic heterocycles. The molecule has 5 aliphatic rings. The average molecular weight is 403 g/mol. The lowest BCUT2D eigenvalue weighted by Crippen LogP contribution is -2.40. The summed E-state index contributed by atoms with van der Waals surface area (Å²) in [5, 5.41) is 16.4. The maximum atomic E-state index is 12.9. The van der Waals surface area contributed by atoms with Crippen molar-refractivity contribution >= 4 is 23.7 Å². The summed E-state index contributed by atoms with van der Waals surface area (Å²) in [6.45, 7) is 0. The van der Waals surface area contributed by atoms with Gasteiger partial charge in [0, 0.05) is 6.07 Å². The Morgan fingerprint density at radius 2 is 1.70 bits per heavy atom. The zero-order valence-corrected chi connectivity index (χ0v) is 15.8. The molecule has 8 nitrogen and oxygen atoms in total. The summed E-state index contributed by atoms with van der Waals surface area (Å²) in [6, 6.07) is 9.49. The van der Waals surface area contributed by atoms with E-state index in [2.05, 4.69) is 17.3 Å². The van der Waals surface area contributed by atoms with Gasteiger partial charge in [0.25, 0.3) is 17.5 Å². The lowest BCUT2D eigenvalue weighted by molar-refractivity contribution is -0.384. The highest BCUT2D eigenvalue weighted by molar-refractivity contribution is 6.06.